The Bertz CT molecular complexity index is 1160. The lowest BCUT2D eigenvalue weighted by atomic mass is 10.1. The molecular weight excluding hydrogens is 350 g/mol. The minimum Gasteiger partial charge on any atom is -0.310 e. The van der Waals surface area contributed by atoms with E-state index in [0.29, 0.717) is 11.5 Å². The molecule has 3 aromatic carbocycles. The number of anilines is 1. The number of fused-ring (bicyclic) bond motifs is 1. The number of likely N-dealkylation sites (N-methyl/N-ethyl adjacent to an activating group) is 1. The summed E-state index contributed by atoms with van der Waals surface area (Å²) in [5.41, 5.74) is 2.07. The van der Waals surface area contributed by atoms with E-state index >= 15 is 0 Å². The lowest BCUT2D eigenvalue weighted by Crippen LogP contribution is -2.29. The summed E-state index contributed by atoms with van der Waals surface area (Å²) in [7, 11) is 1.75. The molecule has 0 saturated heterocycles. The second-order valence-electron chi connectivity index (χ2n) is 6.47. The zero-order chi connectivity index (χ0) is 19.5. The summed E-state index contributed by atoms with van der Waals surface area (Å²) in [4.78, 5) is 15.0. The summed E-state index contributed by atoms with van der Waals surface area (Å²) in [6, 6.07) is 23.7. The smallest absolute Gasteiger partial charge is 0.276 e. The van der Waals surface area contributed by atoms with Crippen molar-refractivity contribution in [2.45, 2.75) is 6.92 Å². The molecule has 0 spiro atoms. The third-order valence-electron chi connectivity index (χ3n) is 4.60. The van der Waals surface area contributed by atoms with Crippen molar-refractivity contribution in [2.24, 2.45) is 0 Å². The van der Waals surface area contributed by atoms with Crippen LogP contribution in [0.4, 0.5) is 5.69 Å². The highest BCUT2D eigenvalue weighted by atomic mass is 16.2. The number of aryl methyl sites for hydroxylation is 1. The quantitative estimate of drug-likeness (QED) is 0.513. The van der Waals surface area contributed by atoms with Crippen molar-refractivity contribution >= 4 is 34.1 Å². The molecule has 6 heteroatoms. The number of tetrazole rings is 1. The van der Waals surface area contributed by atoms with Crippen LogP contribution in [0.5, 0.6) is 0 Å². The van der Waals surface area contributed by atoms with Crippen LogP contribution < -0.4 is 4.90 Å². The Hall–Kier alpha value is -3.80. The molecule has 0 unspecified atom stereocenters. The van der Waals surface area contributed by atoms with E-state index in [2.05, 4.69) is 15.5 Å². The number of amides is 1. The maximum absolute atomic E-state index is 13.4. The van der Waals surface area contributed by atoms with Gasteiger partial charge in [0.15, 0.2) is 5.82 Å². The lowest BCUT2D eigenvalue weighted by molar-refractivity contribution is -0.113. The van der Waals surface area contributed by atoms with Gasteiger partial charge in [-0.15, -0.1) is 5.10 Å². The van der Waals surface area contributed by atoms with Gasteiger partial charge in [-0.25, -0.2) is 0 Å². The molecule has 4 rings (SSSR count). The molecule has 0 aliphatic heterocycles. The molecule has 1 amide bonds. The third-order valence-corrected chi connectivity index (χ3v) is 4.60. The van der Waals surface area contributed by atoms with E-state index in [4.69, 9.17) is 0 Å². The Morgan fingerprint density at radius 2 is 1.68 bits per heavy atom. The summed E-state index contributed by atoms with van der Waals surface area (Å²) < 4.78 is 1.47. The first kappa shape index (κ1) is 17.6. The van der Waals surface area contributed by atoms with Gasteiger partial charge < -0.3 is 4.90 Å². The van der Waals surface area contributed by atoms with E-state index < -0.39 is 0 Å². The van der Waals surface area contributed by atoms with Gasteiger partial charge in [0, 0.05) is 12.7 Å². The van der Waals surface area contributed by atoms with Gasteiger partial charge in [0.2, 0.25) is 0 Å². The van der Waals surface area contributed by atoms with E-state index in [0.717, 1.165) is 22.0 Å². The fourth-order valence-electron chi connectivity index (χ4n) is 3.05. The number of nitrogens with zero attached hydrogens (tertiary/aromatic N) is 5. The fraction of sp³-hybridized carbons (Fsp3) is 0.0909. The maximum Gasteiger partial charge on any atom is 0.276 e. The van der Waals surface area contributed by atoms with Crippen molar-refractivity contribution in [2.75, 3.05) is 11.9 Å². The number of hydrogen-bond donors (Lipinski definition) is 0. The van der Waals surface area contributed by atoms with Gasteiger partial charge in [0.05, 0.1) is 0 Å². The van der Waals surface area contributed by atoms with Gasteiger partial charge >= 0.3 is 0 Å². The zero-order valence-electron chi connectivity index (χ0n) is 15.6. The van der Waals surface area contributed by atoms with Crippen LogP contribution in [-0.2, 0) is 4.79 Å². The van der Waals surface area contributed by atoms with Crippen molar-refractivity contribution in [1.82, 2.24) is 20.2 Å². The molecule has 0 aliphatic carbocycles. The molecule has 138 valence electrons. The van der Waals surface area contributed by atoms with Gasteiger partial charge in [0.25, 0.3) is 5.91 Å². The van der Waals surface area contributed by atoms with Crippen LogP contribution in [-0.4, -0.2) is 33.2 Å². The van der Waals surface area contributed by atoms with Crippen molar-refractivity contribution in [1.29, 1.82) is 0 Å². The minimum absolute atomic E-state index is 0.200. The highest BCUT2D eigenvalue weighted by Gasteiger charge is 2.21. The fourth-order valence-corrected chi connectivity index (χ4v) is 3.05. The number of benzene rings is 3. The predicted octanol–water partition coefficient (Wildman–Crippen LogP) is 3.80. The molecule has 0 N–H and O–H groups in total. The van der Waals surface area contributed by atoms with Crippen LogP contribution >= 0.6 is 0 Å². The molecule has 0 bridgehead atoms. The van der Waals surface area contributed by atoms with Crippen molar-refractivity contribution in [3.63, 3.8) is 0 Å². The van der Waals surface area contributed by atoms with Crippen LogP contribution in [0.3, 0.4) is 0 Å². The molecule has 6 nitrogen and oxygen atoms in total. The molecule has 4 aromatic rings. The first-order valence-electron chi connectivity index (χ1n) is 8.92. The topological polar surface area (TPSA) is 63.9 Å². The van der Waals surface area contributed by atoms with Crippen LogP contribution in [0.1, 0.15) is 11.4 Å². The maximum atomic E-state index is 13.4. The number of hydrogen-bond acceptors (Lipinski definition) is 4. The monoisotopic (exact) mass is 369 g/mol. The third kappa shape index (κ3) is 3.40. The summed E-state index contributed by atoms with van der Waals surface area (Å²) >= 11 is 0. The molecular formula is C22H19N5O. The van der Waals surface area contributed by atoms with Crippen LogP contribution in [0.15, 0.2) is 72.8 Å². The second kappa shape index (κ2) is 7.44. The van der Waals surface area contributed by atoms with E-state index in [1.54, 1.807) is 24.9 Å². The molecule has 0 saturated carbocycles. The van der Waals surface area contributed by atoms with Gasteiger partial charge in [-0.3, -0.25) is 4.79 Å². The van der Waals surface area contributed by atoms with E-state index in [9.17, 15) is 4.79 Å². The average molecular weight is 369 g/mol. The minimum atomic E-state index is -0.200. The molecule has 0 aliphatic rings. The summed E-state index contributed by atoms with van der Waals surface area (Å²) in [6.45, 7) is 1.77. The number of carbonyl (C=O) groups is 1. The second-order valence-corrected chi connectivity index (χ2v) is 6.47. The molecule has 0 atom stereocenters. The molecule has 1 heterocycles. The Labute approximate surface area is 162 Å². The Morgan fingerprint density at radius 3 is 2.39 bits per heavy atom. The average Bonchev–Trinajstić information content (AvgIpc) is 3.17. The predicted molar refractivity (Wildman–Crippen MR) is 111 cm³/mol. The van der Waals surface area contributed by atoms with Crippen LogP contribution in [0, 0.1) is 6.92 Å². The van der Waals surface area contributed by atoms with Crippen molar-refractivity contribution in [3.8, 4) is 0 Å². The highest BCUT2D eigenvalue weighted by Crippen LogP contribution is 2.24. The van der Waals surface area contributed by atoms with Crippen molar-refractivity contribution in [3.05, 3.63) is 84.2 Å². The molecule has 28 heavy (non-hydrogen) atoms. The van der Waals surface area contributed by atoms with E-state index in [-0.39, 0.29) is 5.91 Å². The Morgan fingerprint density at radius 1 is 0.964 bits per heavy atom. The normalized spacial score (nSPS) is 11.6. The van der Waals surface area contributed by atoms with Gasteiger partial charge in [-0.05, 0) is 51.9 Å². The van der Waals surface area contributed by atoms with Gasteiger partial charge in [-0.1, -0.05) is 60.7 Å². The lowest BCUT2D eigenvalue weighted by Gasteiger charge is -2.20. The number of aromatic nitrogens is 4. The molecule has 0 radical (unpaired) electrons. The number of carbonyl (C=O) groups excluding carboxylic acids is 1. The first-order chi connectivity index (χ1) is 13.6. The molecule has 1 aromatic heterocycles. The van der Waals surface area contributed by atoms with Gasteiger partial charge in [0.1, 0.15) is 5.70 Å². The Kier molecular flexibility index (Phi) is 4.68. The van der Waals surface area contributed by atoms with Crippen LogP contribution in [0.2, 0.25) is 0 Å². The number of rotatable bonds is 4. The largest absolute Gasteiger partial charge is 0.310 e. The summed E-state index contributed by atoms with van der Waals surface area (Å²) in [5, 5.41) is 13.8. The van der Waals surface area contributed by atoms with Crippen LogP contribution in [0.25, 0.3) is 22.5 Å². The Balaban J connectivity index is 1.76. The summed E-state index contributed by atoms with van der Waals surface area (Å²) in [5.74, 6) is 0.344. The SMILES string of the molecule is Cc1nnnn1/C(=C\c1ccccc1)C(=O)N(C)c1ccc2ccccc2c1. The highest BCUT2D eigenvalue weighted by molar-refractivity contribution is 6.25. The molecule has 0 fully saturated rings. The van der Waals surface area contributed by atoms with E-state index in [1.165, 1.54) is 4.68 Å². The van der Waals surface area contributed by atoms with Crippen molar-refractivity contribution < 1.29 is 4.79 Å². The summed E-state index contributed by atoms with van der Waals surface area (Å²) in [6.07, 6.45) is 1.79. The van der Waals surface area contributed by atoms with Gasteiger partial charge in [-0.2, -0.15) is 4.68 Å². The van der Waals surface area contributed by atoms with E-state index in [1.807, 2.05) is 72.8 Å². The standard InChI is InChI=1S/C22H19N5O/c1-16-23-24-25-27(16)21(14-17-8-4-3-5-9-17)22(28)26(2)20-13-12-18-10-6-7-11-19(18)15-20/h3-15H,1-2H3/b21-14-. The first-order valence-corrected chi connectivity index (χ1v) is 8.92. The zero-order valence-corrected chi connectivity index (χ0v) is 15.6.